The van der Waals surface area contributed by atoms with Crippen molar-refractivity contribution in [2.45, 2.75) is 44.9 Å². The Balaban J connectivity index is 1.89. The molecule has 2 aromatic carbocycles. The summed E-state index contributed by atoms with van der Waals surface area (Å²) in [6, 6.07) is 15.0. The van der Waals surface area contributed by atoms with Gasteiger partial charge in [0.05, 0.1) is 16.5 Å². The van der Waals surface area contributed by atoms with Crippen molar-refractivity contribution in [3.8, 4) is 11.1 Å². The molecule has 0 radical (unpaired) electrons. The Kier molecular flexibility index (Phi) is 5.53. The molecule has 0 aliphatic carbocycles. The predicted molar refractivity (Wildman–Crippen MR) is 108 cm³/mol. The van der Waals surface area contributed by atoms with Crippen LogP contribution in [0.15, 0.2) is 58.6 Å². The number of anilines is 1. The van der Waals surface area contributed by atoms with Gasteiger partial charge in [-0.2, -0.15) is 4.72 Å². The van der Waals surface area contributed by atoms with E-state index in [1.807, 2.05) is 44.2 Å². The highest BCUT2D eigenvalue weighted by atomic mass is 32.2. The van der Waals surface area contributed by atoms with Crippen LogP contribution in [0.1, 0.15) is 27.7 Å². The van der Waals surface area contributed by atoms with Crippen LogP contribution in [0.25, 0.3) is 11.1 Å². The number of benzene rings is 2. The lowest BCUT2D eigenvalue weighted by atomic mass is 10.1. The molecule has 27 heavy (non-hydrogen) atoms. The Bertz CT molecular complexity index is 937. The van der Waals surface area contributed by atoms with Crippen LogP contribution >= 0.6 is 0 Å². The van der Waals surface area contributed by atoms with Gasteiger partial charge in [0.2, 0.25) is 10.0 Å². The summed E-state index contributed by atoms with van der Waals surface area (Å²) in [6.45, 7) is 7.84. The van der Waals surface area contributed by atoms with E-state index in [1.54, 1.807) is 18.2 Å². The molecule has 1 aliphatic rings. The van der Waals surface area contributed by atoms with Gasteiger partial charge < -0.3 is 10.2 Å². The first-order chi connectivity index (χ1) is 12.8. The normalized spacial score (nSPS) is 19.7. The van der Waals surface area contributed by atoms with Crippen LogP contribution in [-0.2, 0) is 14.9 Å². The summed E-state index contributed by atoms with van der Waals surface area (Å²) in [5, 5.41) is 7.20. The van der Waals surface area contributed by atoms with Crippen molar-refractivity contribution in [3.63, 3.8) is 0 Å². The van der Waals surface area contributed by atoms with Crippen molar-refractivity contribution in [1.29, 1.82) is 0 Å². The van der Waals surface area contributed by atoms with Gasteiger partial charge in [-0.1, -0.05) is 42.4 Å². The summed E-state index contributed by atoms with van der Waals surface area (Å²) in [5.74, 6) is -0.117. The largest absolute Gasteiger partial charge is 0.383 e. The van der Waals surface area contributed by atoms with Gasteiger partial charge in [0.1, 0.15) is 0 Å². The van der Waals surface area contributed by atoms with Crippen LogP contribution in [0.5, 0.6) is 0 Å². The van der Waals surface area contributed by atoms with E-state index < -0.39 is 16.3 Å². The van der Waals surface area contributed by atoms with Gasteiger partial charge in [-0.25, -0.2) is 8.42 Å². The van der Waals surface area contributed by atoms with Crippen LogP contribution in [-0.4, -0.2) is 26.4 Å². The molecule has 0 fully saturated rings. The molecule has 2 atom stereocenters. The molecule has 0 saturated carbocycles. The molecule has 2 N–H and O–H groups in total. The average molecular weight is 388 g/mol. The molecule has 2 aromatic rings. The Hall–Kier alpha value is -2.38. The number of nitrogens with zero attached hydrogens (tertiary/aromatic N) is 1. The molecule has 0 spiro atoms. The van der Waals surface area contributed by atoms with Crippen molar-refractivity contribution >= 4 is 21.4 Å². The molecule has 6 nitrogen and oxygen atoms in total. The second-order valence-corrected chi connectivity index (χ2v) is 8.72. The van der Waals surface area contributed by atoms with Gasteiger partial charge in [-0.3, -0.25) is 0 Å². The highest BCUT2D eigenvalue weighted by Gasteiger charge is 2.33. The van der Waals surface area contributed by atoms with E-state index in [1.165, 1.54) is 0 Å². The fourth-order valence-corrected chi connectivity index (χ4v) is 4.31. The Morgan fingerprint density at radius 2 is 1.74 bits per heavy atom. The molecule has 3 rings (SSSR count). The third-order valence-electron chi connectivity index (χ3n) is 4.52. The number of rotatable bonds is 6. The van der Waals surface area contributed by atoms with Crippen molar-refractivity contribution in [3.05, 3.63) is 48.5 Å². The van der Waals surface area contributed by atoms with E-state index in [0.29, 0.717) is 11.6 Å². The number of sulfonamides is 1. The minimum absolute atomic E-state index is 0.117. The van der Waals surface area contributed by atoms with E-state index in [0.717, 1.165) is 17.0 Å². The molecule has 0 amide bonds. The third kappa shape index (κ3) is 4.31. The first-order valence-corrected chi connectivity index (χ1v) is 10.4. The quantitative estimate of drug-likeness (QED) is 0.790. The Labute approximate surface area is 160 Å². The molecule has 2 unspecified atom stereocenters. The van der Waals surface area contributed by atoms with Crippen molar-refractivity contribution < 1.29 is 13.3 Å². The maximum atomic E-state index is 13.0. The zero-order valence-electron chi connectivity index (χ0n) is 15.9. The zero-order valence-corrected chi connectivity index (χ0v) is 16.7. The Morgan fingerprint density at radius 1 is 1.07 bits per heavy atom. The first-order valence-electron chi connectivity index (χ1n) is 8.96. The lowest BCUT2D eigenvalue weighted by Crippen LogP contribution is -2.39. The maximum absolute atomic E-state index is 13.0. The predicted octanol–water partition coefficient (Wildman–Crippen LogP) is 3.82. The van der Waals surface area contributed by atoms with E-state index in [2.05, 4.69) is 29.0 Å². The summed E-state index contributed by atoms with van der Waals surface area (Å²) < 4.78 is 28.6. The lowest BCUT2D eigenvalue weighted by Gasteiger charge is -2.18. The van der Waals surface area contributed by atoms with E-state index in [-0.39, 0.29) is 10.8 Å². The number of hydrogen-bond acceptors (Lipinski definition) is 5. The summed E-state index contributed by atoms with van der Waals surface area (Å²) in [5.41, 5.74) is 3.24. The molecule has 1 heterocycles. The van der Waals surface area contributed by atoms with Crippen molar-refractivity contribution in [1.82, 2.24) is 4.72 Å². The van der Waals surface area contributed by atoms with E-state index in [9.17, 15) is 8.42 Å². The molecule has 7 heteroatoms. The van der Waals surface area contributed by atoms with Crippen molar-refractivity contribution in [2.24, 2.45) is 11.1 Å². The molecular formula is C20H25N3O3S. The average Bonchev–Trinajstić information content (AvgIpc) is 2.93. The van der Waals surface area contributed by atoms with Crippen LogP contribution < -0.4 is 10.0 Å². The minimum atomic E-state index is -3.77. The number of nitrogens with one attached hydrogen (secondary N) is 2. The second kappa shape index (κ2) is 7.70. The van der Waals surface area contributed by atoms with Crippen LogP contribution in [0.4, 0.5) is 5.69 Å². The standard InChI is InChI=1S/C20H25N3O3S/c1-13(2)21-17-11-9-16(10-12-17)18-7-5-6-8-19(18)27(24,25)23-20-14(3)15(4)22-26-20/h5-14,20-21,23H,1-4H3. The monoisotopic (exact) mass is 387 g/mol. The summed E-state index contributed by atoms with van der Waals surface area (Å²) >= 11 is 0. The van der Waals surface area contributed by atoms with Crippen LogP contribution in [0.3, 0.4) is 0 Å². The fourth-order valence-electron chi connectivity index (χ4n) is 2.89. The molecule has 0 aromatic heterocycles. The van der Waals surface area contributed by atoms with Gasteiger partial charge in [0, 0.05) is 17.3 Å². The molecule has 0 bridgehead atoms. The summed E-state index contributed by atoms with van der Waals surface area (Å²) in [6.07, 6.45) is -0.694. The van der Waals surface area contributed by atoms with E-state index in [4.69, 9.17) is 4.84 Å². The molecule has 0 saturated heterocycles. The van der Waals surface area contributed by atoms with Gasteiger partial charge >= 0.3 is 0 Å². The fraction of sp³-hybridized carbons (Fsp3) is 0.350. The number of hydrogen-bond donors (Lipinski definition) is 2. The topological polar surface area (TPSA) is 79.8 Å². The van der Waals surface area contributed by atoms with Gasteiger partial charge in [-0.15, -0.1) is 0 Å². The Morgan fingerprint density at radius 3 is 2.33 bits per heavy atom. The second-order valence-electron chi connectivity index (χ2n) is 7.04. The highest BCUT2D eigenvalue weighted by Crippen LogP contribution is 2.29. The number of oxime groups is 1. The molecule has 1 aliphatic heterocycles. The molecular weight excluding hydrogens is 362 g/mol. The van der Waals surface area contributed by atoms with Crippen molar-refractivity contribution in [2.75, 3.05) is 5.32 Å². The lowest BCUT2D eigenvalue weighted by molar-refractivity contribution is 0.0576. The van der Waals surface area contributed by atoms with Gasteiger partial charge in [0.15, 0.2) is 6.23 Å². The van der Waals surface area contributed by atoms with Gasteiger partial charge in [0.25, 0.3) is 0 Å². The van der Waals surface area contributed by atoms with Gasteiger partial charge in [-0.05, 0) is 44.5 Å². The SMILES string of the molecule is CC1=NOC(NS(=O)(=O)c2ccccc2-c2ccc(NC(C)C)cc2)C1C. The maximum Gasteiger partial charge on any atom is 0.244 e. The van der Waals surface area contributed by atoms with E-state index >= 15 is 0 Å². The minimum Gasteiger partial charge on any atom is -0.383 e. The highest BCUT2D eigenvalue weighted by molar-refractivity contribution is 7.89. The molecule has 144 valence electrons. The zero-order chi connectivity index (χ0) is 19.6. The summed E-state index contributed by atoms with van der Waals surface area (Å²) in [4.78, 5) is 5.44. The first kappa shape index (κ1) is 19.4. The smallest absolute Gasteiger partial charge is 0.244 e. The van der Waals surface area contributed by atoms with Crippen LogP contribution in [0.2, 0.25) is 0 Å². The van der Waals surface area contributed by atoms with Crippen LogP contribution in [0, 0.1) is 5.92 Å². The summed E-state index contributed by atoms with van der Waals surface area (Å²) in [7, 11) is -3.77. The third-order valence-corrected chi connectivity index (χ3v) is 6.00.